The van der Waals surface area contributed by atoms with Crippen molar-refractivity contribution >= 4 is 17.6 Å². The van der Waals surface area contributed by atoms with Crippen molar-refractivity contribution in [2.75, 3.05) is 24.5 Å². The van der Waals surface area contributed by atoms with Crippen molar-refractivity contribution in [2.24, 2.45) is 12.8 Å². The third-order valence-electron chi connectivity index (χ3n) is 5.40. The Morgan fingerprint density at radius 3 is 2.71 bits per heavy atom. The molecule has 2 aromatic heterocycles. The Morgan fingerprint density at radius 1 is 1.16 bits per heavy atom. The van der Waals surface area contributed by atoms with E-state index in [0.29, 0.717) is 12.1 Å². The van der Waals surface area contributed by atoms with Crippen LogP contribution in [0.5, 0.6) is 0 Å². The second kappa shape index (κ2) is 9.90. The number of piperidine rings is 1. The maximum Gasteiger partial charge on any atom is 0.210 e. The monoisotopic (exact) mass is 431 g/mol. The summed E-state index contributed by atoms with van der Waals surface area (Å²) in [5.74, 6) is 1.01. The first-order chi connectivity index (χ1) is 15.2. The molecule has 0 radical (unpaired) electrons. The zero-order chi connectivity index (χ0) is 21.6. The molecule has 1 aliphatic heterocycles. The predicted molar refractivity (Wildman–Crippen MR) is 123 cm³/mol. The van der Waals surface area contributed by atoms with Crippen molar-refractivity contribution in [2.45, 2.75) is 35.5 Å². The van der Waals surface area contributed by atoms with E-state index in [-0.39, 0.29) is 0 Å². The van der Waals surface area contributed by atoms with E-state index in [4.69, 9.17) is 10.8 Å². The quantitative estimate of drug-likeness (QED) is 0.602. The minimum absolute atomic E-state index is 0.609. The number of benzene rings is 1. The van der Waals surface area contributed by atoms with Gasteiger partial charge in [-0.25, -0.2) is 0 Å². The summed E-state index contributed by atoms with van der Waals surface area (Å²) in [6.07, 6.45) is 8.44. The van der Waals surface area contributed by atoms with Crippen LogP contribution < -0.4 is 15.3 Å². The standard InChI is InChI=1S/C24H27N6S/c1-29-17-20(14-24(28-29)30-11-3-2-4-12-30)31-23-13-19(15-26)5-7-21(23)22-8-6-18(9-10-25)16-27-22/h5-8,13-14,16-17H,2-4,9-12,25H2,1H3/q+1. The molecule has 7 heteroatoms. The van der Waals surface area contributed by atoms with E-state index in [9.17, 15) is 5.26 Å². The van der Waals surface area contributed by atoms with Crippen molar-refractivity contribution in [3.8, 4) is 17.3 Å². The summed E-state index contributed by atoms with van der Waals surface area (Å²) >= 11 is 1.65. The topological polar surface area (TPSA) is 82.7 Å². The zero-order valence-corrected chi connectivity index (χ0v) is 18.6. The lowest BCUT2D eigenvalue weighted by atomic mass is 10.1. The summed E-state index contributed by atoms with van der Waals surface area (Å²) in [5, 5.41) is 14.1. The lowest BCUT2D eigenvalue weighted by Crippen LogP contribution is -2.38. The van der Waals surface area contributed by atoms with Crippen LogP contribution in [-0.4, -0.2) is 29.7 Å². The summed E-state index contributed by atoms with van der Waals surface area (Å²) in [7, 11) is 1.96. The fourth-order valence-electron chi connectivity index (χ4n) is 3.81. The molecule has 0 atom stereocenters. The third-order valence-corrected chi connectivity index (χ3v) is 6.41. The molecule has 6 nitrogen and oxygen atoms in total. The van der Waals surface area contributed by atoms with Crippen molar-refractivity contribution in [3.05, 3.63) is 59.9 Å². The average molecular weight is 432 g/mol. The van der Waals surface area contributed by atoms with E-state index in [2.05, 4.69) is 28.1 Å². The molecular weight excluding hydrogens is 404 g/mol. The second-order valence-electron chi connectivity index (χ2n) is 7.77. The molecule has 31 heavy (non-hydrogen) atoms. The molecule has 0 saturated carbocycles. The molecule has 1 aromatic carbocycles. The van der Waals surface area contributed by atoms with Crippen LogP contribution in [0.2, 0.25) is 0 Å². The molecule has 0 aliphatic carbocycles. The molecule has 0 spiro atoms. The number of aromatic nitrogens is 3. The van der Waals surface area contributed by atoms with Gasteiger partial charge in [-0.2, -0.15) is 5.26 Å². The van der Waals surface area contributed by atoms with Gasteiger partial charge in [0.05, 0.1) is 22.2 Å². The van der Waals surface area contributed by atoms with Gasteiger partial charge in [0.15, 0.2) is 12.9 Å². The molecule has 3 heterocycles. The summed E-state index contributed by atoms with van der Waals surface area (Å²) < 4.78 is 1.87. The number of nitrogens with zero attached hydrogens (tertiary/aromatic N) is 5. The minimum atomic E-state index is 0.609. The number of nitrogens with two attached hydrogens (primary N) is 1. The molecule has 1 fully saturated rings. The van der Waals surface area contributed by atoms with Crippen LogP contribution in [0, 0.1) is 11.3 Å². The number of rotatable bonds is 6. The normalized spacial score (nSPS) is 13.8. The van der Waals surface area contributed by atoms with Crippen LogP contribution in [-0.2, 0) is 13.5 Å². The summed E-state index contributed by atoms with van der Waals surface area (Å²) in [6.45, 7) is 2.71. The van der Waals surface area contributed by atoms with Crippen LogP contribution in [0.1, 0.15) is 30.4 Å². The van der Waals surface area contributed by atoms with Gasteiger partial charge in [0.25, 0.3) is 0 Å². The first-order valence-electron chi connectivity index (χ1n) is 10.7. The van der Waals surface area contributed by atoms with Crippen LogP contribution in [0.25, 0.3) is 11.3 Å². The van der Waals surface area contributed by atoms with Gasteiger partial charge in [0.1, 0.15) is 0 Å². The van der Waals surface area contributed by atoms with Gasteiger partial charge in [-0.1, -0.05) is 28.6 Å². The SMILES string of the molecule is C[n+]1cc(Sc2cc(C#N)ccc2-c2ccc(CCN)cn2)cc(N2CCCCC2)n1. The fourth-order valence-corrected chi connectivity index (χ4v) is 4.91. The lowest BCUT2D eigenvalue weighted by molar-refractivity contribution is -0.731. The highest BCUT2D eigenvalue weighted by Gasteiger charge is 2.18. The first-order valence-corrected chi connectivity index (χ1v) is 11.5. The van der Waals surface area contributed by atoms with E-state index < -0.39 is 0 Å². The van der Waals surface area contributed by atoms with E-state index in [0.717, 1.165) is 51.9 Å². The Bertz CT molecular complexity index is 1080. The highest BCUT2D eigenvalue weighted by atomic mass is 32.2. The van der Waals surface area contributed by atoms with Crippen LogP contribution in [0.4, 0.5) is 5.82 Å². The molecule has 0 amide bonds. The molecule has 0 unspecified atom stereocenters. The molecule has 2 N–H and O–H groups in total. The molecule has 1 aliphatic rings. The smallest absolute Gasteiger partial charge is 0.210 e. The predicted octanol–water partition coefficient (Wildman–Crippen LogP) is 3.48. The van der Waals surface area contributed by atoms with Crippen molar-refractivity contribution in [1.82, 2.24) is 10.1 Å². The Kier molecular flexibility index (Phi) is 6.80. The summed E-state index contributed by atoms with van der Waals surface area (Å²) in [4.78, 5) is 9.12. The molecule has 4 rings (SSSR count). The van der Waals surface area contributed by atoms with E-state index in [1.165, 1.54) is 19.3 Å². The zero-order valence-electron chi connectivity index (χ0n) is 17.8. The van der Waals surface area contributed by atoms with Crippen molar-refractivity contribution in [1.29, 1.82) is 5.26 Å². The van der Waals surface area contributed by atoms with Crippen molar-refractivity contribution < 1.29 is 4.68 Å². The molecule has 158 valence electrons. The molecule has 0 bridgehead atoms. The Morgan fingerprint density at radius 2 is 2.00 bits per heavy atom. The van der Waals surface area contributed by atoms with E-state index >= 15 is 0 Å². The van der Waals surface area contributed by atoms with Crippen LogP contribution in [0.3, 0.4) is 0 Å². The molecule has 3 aromatic rings. The fraction of sp³-hybridized carbons (Fsp3) is 0.333. The van der Waals surface area contributed by atoms with Gasteiger partial charge in [0, 0.05) is 40.9 Å². The number of pyridine rings is 1. The van der Waals surface area contributed by atoms with Gasteiger partial charge >= 0.3 is 0 Å². The Balaban J connectivity index is 1.67. The number of hydrogen-bond acceptors (Lipinski definition) is 6. The van der Waals surface area contributed by atoms with Gasteiger partial charge in [-0.15, -0.1) is 0 Å². The summed E-state index contributed by atoms with van der Waals surface area (Å²) in [5.41, 5.74) is 9.33. The highest BCUT2D eigenvalue weighted by Crippen LogP contribution is 2.36. The average Bonchev–Trinajstić information content (AvgIpc) is 2.80. The second-order valence-corrected chi connectivity index (χ2v) is 8.89. The van der Waals surface area contributed by atoms with Gasteiger partial charge in [0.2, 0.25) is 6.20 Å². The van der Waals surface area contributed by atoms with Gasteiger partial charge < -0.3 is 10.6 Å². The number of aryl methyl sites for hydroxylation is 1. The van der Waals surface area contributed by atoms with Crippen LogP contribution >= 0.6 is 11.8 Å². The van der Waals surface area contributed by atoms with E-state index in [1.807, 2.05) is 48.4 Å². The first kappa shape index (κ1) is 21.3. The van der Waals surface area contributed by atoms with E-state index in [1.54, 1.807) is 11.8 Å². The third kappa shape index (κ3) is 5.22. The minimum Gasteiger partial charge on any atom is -0.352 e. The van der Waals surface area contributed by atoms with Crippen LogP contribution in [0.15, 0.2) is 58.6 Å². The largest absolute Gasteiger partial charge is 0.352 e. The summed E-state index contributed by atoms with van der Waals surface area (Å²) in [6, 6.07) is 14.3. The van der Waals surface area contributed by atoms with Crippen molar-refractivity contribution in [3.63, 3.8) is 0 Å². The number of anilines is 1. The Labute approximate surface area is 187 Å². The number of hydrogen-bond donors (Lipinski definition) is 1. The Hall–Kier alpha value is -2.95. The molecular formula is C24H27N6S+. The lowest BCUT2D eigenvalue weighted by Gasteiger charge is -2.26. The molecule has 1 saturated heterocycles. The maximum atomic E-state index is 9.44. The highest BCUT2D eigenvalue weighted by molar-refractivity contribution is 7.99. The number of nitriles is 1. The maximum absolute atomic E-state index is 9.44. The van der Waals surface area contributed by atoms with Gasteiger partial charge in [-0.3, -0.25) is 4.98 Å². The van der Waals surface area contributed by atoms with Gasteiger partial charge in [-0.05, 0) is 56.0 Å².